The number of aromatic nitrogens is 2. The summed E-state index contributed by atoms with van der Waals surface area (Å²) in [4.78, 5) is 9.33. The summed E-state index contributed by atoms with van der Waals surface area (Å²) in [6.07, 6.45) is -2.16. The van der Waals surface area contributed by atoms with E-state index < -0.39 is 21.8 Å². The Morgan fingerprint density at radius 2 is 1.83 bits per heavy atom. The van der Waals surface area contributed by atoms with Gasteiger partial charge in [0, 0.05) is 31.0 Å². The van der Waals surface area contributed by atoms with Crippen LogP contribution >= 0.6 is 23.2 Å². The Hall–Kier alpha value is -1.82. The number of nitrogens with one attached hydrogen (secondary N) is 2. The van der Waals surface area contributed by atoms with Crippen LogP contribution in [-0.2, 0) is 16.2 Å². The predicted octanol–water partition coefficient (Wildman–Crippen LogP) is 4.06. The maximum atomic E-state index is 13.5. The Morgan fingerprint density at radius 1 is 1.17 bits per heavy atom. The number of anilines is 3. The minimum atomic E-state index is -4.64. The standard InChI is InChI=1S/C17H18Cl2F3N5O2S/c1-30(28,29)26-10-4-6-27(7-5-10)15-12(17(20,21)22)9-23-16(25-15)24-11-2-3-13(18)14(19)8-11/h2-3,8-10,26H,4-7H2,1H3,(H,23,24,25). The van der Waals surface area contributed by atoms with Crippen LogP contribution in [0.5, 0.6) is 0 Å². The first kappa shape index (κ1) is 22.9. The van der Waals surface area contributed by atoms with Crippen LogP contribution in [0.3, 0.4) is 0 Å². The first-order valence-corrected chi connectivity index (χ1v) is 11.5. The van der Waals surface area contributed by atoms with Gasteiger partial charge in [-0.2, -0.15) is 18.2 Å². The average Bonchev–Trinajstić information content (AvgIpc) is 2.63. The van der Waals surface area contributed by atoms with Crippen molar-refractivity contribution in [3.05, 3.63) is 40.0 Å². The molecule has 2 N–H and O–H groups in total. The van der Waals surface area contributed by atoms with E-state index in [1.54, 1.807) is 6.07 Å². The van der Waals surface area contributed by atoms with Crippen molar-refractivity contribution in [3.8, 4) is 0 Å². The van der Waals surface area contributed by atoms with E-state index in [0.717, 1.165) is 12.5 Å². The summed E-state index contributed by atoms with van der Waals surface area (Å²) < 4.78 is 65.8. The number of sulfonamides is 1. The summed E-state index contributed by atoms with van der Waals surface area (Å²) in [7, 11) is -3.39. The fraction of sp³-hybridized carbons (Fsp3) is 0.412. The molecular weight excluding hydrogens is 466 g/mol. The van der Waals surface area contributed by atoms with E-state index in [1.807, 2.05) is 0 Å². The third-order valence-electron chi connectivity index (χ3n) is 4.43. The summed E-state index contributed by atoms with van der Waals surface area (Å²) in [5.74, 6) is -0.300. The van der Waals surface area contributed by atoms with Crippen molar-refractivity contribution in [2.75, 3.05) is 29.6 Å². The lowest BCUT2D eigenvalue weighted by atomic mass is 10.1. The van der Waals surface area contributed by atoms with Crippen molar-refractivity contribution in [1.82, 2.24) is 14.7 Å². The molecule has 0 unspecified atom stereocenters. The van der Waals surface area contributed by atoms with Gasteiger partial charge in [0.1, 0.15) is 11.4 Å². The van der Waals surface area contributed by atoms with Crippen LogP contribution in [0.25, 0.3) is 0 Å². The molecule has 2 aromatic rings. The smallest absolute Gasteiger partial charge is 0.356 e. The van der Waals surface area contributed by atoms with Crippen molar-refractivity contribution >= 4 is 50.7 Å². The van der Waals surface area contributed by atoms with E-state index in [2.05, 4.69) is 20.0 Å². The molecule has 1 saturated heterocycles. The van der Waals surface area contributed by atoms with E-state index in [-0.39, 0.29) is 35.9 Å². The topological polar surface area (TPSA) is 87.2 Å². The Bertz CT molecular complexity index is 1030. The summed E-state index contributed by atoms with van der Waals surface area (Å²) in [6, 6.07) is 4.31. The number of alkyl halides is 3. The Kier molecular flexibility index (Phi) is 6.66. The van der Waals surface area contributed by atoms with Gasteiger partial charge in [0.25, 0.3) is 0 Å². The second kappa shape index (κ2) is 8.74. The van der Waals surface area contributed by atoms with Gasteiger partial charge in [-0.15, -0.1) is 0 Å². The molecule has 1 aromatic heterocycles. The number of rotatable bonds is 5. The summed E-state index contributed by atoms with van der Waals surface area (Å²) in [5.41, 5.74) is -0.497. The molecule has 0 spiro atoms. The van der Waals surface area contributed by atoms with Crippen molar-refractivity contribution in [1.29, 1.82) is 0 Å². The largest absolute Gasteiger partial charge is 0.421 e. The quantitative estimate of drug-likeness (QED) is 0.666. The number of nitrogens with zero attached hydrogens (tertiary/aromatic N) is 3. The summed E-state index contributed by atoms with van der Waals surface area (Å²) in [5, 5.41) is 3.43. The molecule has 0 saturated carbocycles. The number of hydrogen-bond acceptors (Lipinski definition) is 6. The Labute approximate surface area is 181 Å². The van der Waals surface area contributed by atoms with Gasteiger partial charge in [-0.1, -0.05) is 23.2 Å². The highest BCUT2D eigenvalue weighted by Crippen LogP contribution is 2.37. The molecule has 0 aliphatic carbocycles. The maximum Gasteiger partial charge on any atom is 0.421 e. The maximum absolute atomic E-state index is 13.5. The lowest BCUT2D eigenvalue weighted by Gasteiger charge is -2.34. The molecule has 0 radical (unpaired) electrons. The Morgan fingerprint density at radius 3 is 2.40 bits per heavy atom. The van der Waals surface area contributed by atoms with Crippen LogP contribution in [0, 0.1) is 0 Å². The minimum absolute atomic E-state index is 0.0345. The Balaban J connectivity index is 1.84. The molecule has 30 heavy (non-hydrogen) atoms. The molecule has 0 bridgehead atoms. The van der Waals surface area contributed by atoms with Gasteiger partial charge >= 0.3 is 6.18 Å². The molecule has 0 atom stereocenters. The number of benzene rings is 1. The van der Waals surface area contributed by atoms with Gasteiger partial charge in [-0.05, 0) is 31.0 Å². The lowest BCUT2D eigenvalue weighted by molar-refractivity contribution is -0.137. The van der Waals surface area contributed by atoms with Gasteiger partial charge in [-0.3, -0.25) is 0 Å². The average molecular weight is 484 g/mol. The number of hydrogen-bond donors (Lipinski definition) is 2. The number of halogens is 5. The molecule has 13 heteroatoms. The zero-order valence-corrected chi connectivity index (χ0v) is 18.0. The zero-order chi connectivity index (χ0) is 22.1. The molecule has 7 nitrogen and oxygen atoms in total. The van der Waals surface area contributed by atoms with Gasteiger partial charge in [0.05, 0.1) is 16.3 Å². The highest BCUT2D eigenvalue weighted by atomic mass is 35.5. The molecule has 1 aliphatic rings. The number of piperidine rings is 1. The third-order valence-corrected chi connectivity index (χ3v) is 5.93. The van der Waals surface area contributed by atoms with Crippen LogP contribution in [0.4, 0.5) is 30.6 Å². The van der Waals surface area contributed by atoms with Crippen molar-refractivity contribution in [2.24, 2.45) is 0 Å². The predicted molar refractivity (Wildman–Crippen MR) is 110 cm³/mol. The molecule has 164 valence electrons. The van der Waals surface area contributed by atoms with Gasteiger partial charge in [0.2, 0.25) is 16.0 Å². The van der Waals surface area contributed by atoms with Crippen LogP contribution < -0.4 is 14.9 Å². The molecule has 3 rings (SSSR count). The first-order chi connectivity index (χ1) is 13.9. The molecule has 1 aromatic carbocycles. The highest BCUT2D eigenvalue weighted by molar-refractivity contribution is 7.88. The van der Waals surface area contributed by atoms with Crippen LogP contribution in [0.1, 0.15) is 18.4 Å². The van der Waals surface area contributed by atoms with E-state index in [0.29, 0.717) is 23.6 Å². The van der Waals surface area contributed by atoms with E-state index in [1.165, 1.54) is 17.0 Å². The lowest BCUT2D eigenvalue weighted by Crippen LogP contribution is -2.45. The summed E-state index contributed by atoms with van der Waals surface area (Å²) in [6.45, 7) is 0.416. The van der Waals surface area contributed by atoms with Crippen molar-refractivity contribution in [3.63, 3.8) is 0 Å². The first-order valence-electron chi connectivity index (χ1n) is 8.81. The second-order valence-corrected chi connectivity index (χ2v) is 9.43. The van der Waals surface area contributed by atoms with Crippen molar-refractivity contribution in [2.45, 2.75) is 25.1 Å². The molecular formula is C17H18Cl2F3N5O2S. The fourth-order valence-electron chi connectivity index (χ4n) is 3.09. The van der Waals surface area contributed by atoms with Gasteiger partial charge in [-0.25, -0.2) is 18.1 Å². The second-order valence-electron chi connectivity index (χ2n) is 6.83. The van der Waals surface area contributed by atoms with E-state index in [4.69, 9.17) is 23.2 Å². The molecule has 2 heterocycles. The zero-order valence-electron chi connectivity index (χ0n) is 15.7. The molecule has 1 aliphatic heterocycles. The SMILES string of the molecule is CS(=O)(=O)NC1CCN(c2nc(Nc3ccc(Cl)c(Cl)c3)ncc2C(F)(F)F)CC1. The summed E-state index contributed by atoms with van der Waals surface area (Å²) >= 11 is 11.8. The monoisotopic (exact) mass is 483 g/mol. The van der Waals surface area contributed by atoms with Crippen LogP contribution in [0.15, 0.2) is 24.4 Å². The van der Waals surface area contributed by atoms with Crippen LogP contribution in [-0.4, -0.2) is 43.8 Å². The van der Waals surface area contributed by atoms with Gasteiger partial charge in [0.15, 0.2) is 0 Å². The third kappa shape index (κ3) is 5.87. The fourth-order valence-corrected chi connectivity index (χ4v) is 4.23. The van der Waals surface area contributed by atoms with Crippen LogP contribution in [0.2, 0.25) is 10.0 Å². The normalized spacial score (nSPS) is 16.0. The molecule has 1 fully saturated rings. The van der Waals surface area contributed by atoms with Gasteiger partial charge < -0.3 is 10.2 Å². The van der Waals surface area contributed by atoms with Crippen molar-refractivity contribution < 1.29 is 21.6 Å². The highest BCUT2D eigenvalue weighted by Gasteiger charge is 2.37. The minimum Gasteiger partial charge on any atom is -0.356 e. The van der Waals surface area contributed by atoms with E-state index >= 15 is 0 Å². The van der Waals surface area contributed by atoms with E-state index in [9.17, 15) is 21.6 Å². The molecule has 0 amide bonds.